The highest BCUT2D eigenvalue weighted by atomic mass is 16.5. The van der Waals surface area contributed by atoms with Gasteiger partial charge in [0.1, 0.15) is 0 Å². The number of nitrogens with zero attached hydrogens (tertiary/aromatic N) is 2. The minimum Gasteiger partial charge on any atom is -0.494 e. The van der Waals surface area contributed by atoms with Crippen molar-refractivity contribution >= 4 is 17.3 Å². The molecule has 0 spiro atoms. The van der Waals surface area contributed by atoms with Crippen LogP contribution in [0.2, 0.25) is 0 Å². The first-order valence-electron chi connectivity index (χ1n) is 5.75. The summed E-state index contributed by atoms with van der Waals surface area (Å²) >= 11 is 0. The van der Waals surface area contributed by atoms with Gasteiger partial charge in [-0.25, -0.2) is 0 Å². The van der Waals surface area contributed by atoms with Crippen molar-refractivity contribution in [1.82, 2.24) is 4.98 Å². The van der Waals surface area contributed by atoms with Gasteiger partial charge in [0.2, 0.25) is 0 Å². The largest absolute Gasteiger partial charge is 0.494 e. The van der Waals surface area contributed by atoms with Gasteiger partial charge in [0, 0.05) is 25.1 Å². The minimum absolute atomic E-state index is 0.185. The van der Waals surface area contributed by atoms with E-state index in [-0.39, 0.29) is 5.91 Å². The van der Waals surface area contributed by atoms with Crippen LogP contribution in [0.1, 0.15) is 10.4 Å². The van der Waals surface area contributed by atoms with Crippen LogP contribution >= 0.6 is 0 Å². The number of methoxy groups -OCH3 is 1. The second-order valence-electron chi connectivity index (χ2n) is 4.00. The van der Waals surface area contributed by atoms with Crippen molar-refractivity contribution in [1.29, 1.82) is 0 Å². The first-order valence-corrected chi connectivity index (χ1v) is 5.75. The molecular formula is C14H15N3O2. The molecule has 0 aliphatic carbocycles. The van der Waals surface area contributed by atoms with E-state index in [9.17, 15) is 4.79 Å². The lowest BCUT2D eigenvalue weighted by Crippen LogP contribution is -2.26. The van der Waals surface area contributed by atoms with Gasteiger partial charge in [0.25, 0.3) is 5.91 Å². The number of nitrogens with two attached hydrogens (primary N) is 1. The molecule has 1 aromatic heterocycles. The molecule has 0 unspecified atom stereocenters. The molecule has 5 nitrogen and oxygen atoms in total. The molecular weight excluding hydrogens is 242 g/mol. The van der Waals surface area contributed by atoms with Crippen LogP contribution in [0.25, 0.3) is 0 Å². The third-order valence-corrected chi connectivity index (χ3v) is 2.83. The lowest BCUT2D eigenvalue weighted by atomic mass is 10.1. The van der Waals surface area contributed by atoms with Crippen LogP contribution in [0.15, 0.2) is 42.7 Å². The quantitative estimate of drug-likeness (QED) is 0.853. The molecule has 0 radical (unpaired) electrons. The molecule has 0 aliphatic heterocycles. The van der Waals surface area contributed by atoms with Crippen LogP contribution in [0.3, 0.4) is 0 Å². The number of anilines is 2. The molecule has 2 rings (SSSR count). The third-order valence-electron chi connectivity index (χ3n) is 2.83. The summed E-state index contributed by atoms with van der Waals surface area (Å²) in [6, 6.07) is 8.64. The first kappa shape index (κ1) is 12.9. The Bertz CT molecular complexity index is 584. The second-order valence-corrected chi connectivity index (χ2v) is 4.00. The van der Waals surface area contributed by atoms with Crippen LogP contribution < -0.4 is 15.4 Å². The van der Waals surface area contributed by atoms with Crippen molar-refractivity contribution < 1.29 is 9.53 Å². The molecule has 0 bridgehead atoms. The number of benzene rings is 1. The molecule has 0 fully saturated rings. The highest BCUT2D eigenvalue weighted by Crippen LogP contribution is 2.27. The smallest absolute Gasteiger partial charge is 0.261 e. The zero-order chi connectivity index (χ0) is 13.8. The van der Waals surface area contributed by atoms with E-state index in [1.54, 1.807) is 49.8 Å². The topological polar surface area (TPSA) is 68.5 Å². The Hall–Kier alpha value is -2.56. The number of nitrogen functional groups attached to an aromatic ring is 1. The number of ether oxygens (including phenoxy) is 1. The standard InChI is InChI=1S/C14H15N3O2/c1-17(10-6-8-16-9-7-10)14(18)11-4-3-5-12(15)13(11)19-2/h3-9H,15H2,1-2H3. The Morgan fingerprint density at radius 3 is 2.58 bits per heavy atom. The Kier molecular flexibility index (Phi) is 3.66. The predicted molar refractivity (Wildman–Crippen MR) is 74.4 cm³/mol. The lowest BCUT2D eigenvalue weighted by molar-refractivity contribution is 0.0990. The van der Waals surface area contributed by atoms with Gasteiger partial charge < -0.3 is 15.4 Å². The summed E-state index contributed by atoms with van der Waals surface area (Å²) in [6.07, 6.45) is 3.27. The van der Waals surface area contributed by atoms with Gasteiger partial charge >= 0.3 is 0 Å². The van der Waals surface area contributed by atoms with Gasteiger partial charge in [-0.15, -0.1) is 0 Å². The molecule has 2 aromatic rings. The Balaban J connectivity index is 2.37. The van der Waals surface area contributed by atoms with Crippen LogP contribution in [0.5, 0.6) is 5.75 Å². The number of hydrogen-bond donors (Lipinski definition) is 1. The molecule has 5 heteroatoms. The first-order chi connectivity index (χ1) is 9.15. The summed E-state index contributed by atoms with van der Waals surface area (Å²) in [5.41, 5.74) is 7.43. The van der Waals surface area contributed by atoms with Gasteiger partial charge in [0.05, 0.1) is 18.4 Å². The fourth-order valence-electron chi connectivity index (χ4n) is 1.82. The van der Waals surface area contributed by atoms with E-state index in [0.29, 0.717) is 17.0 Å². The van der Waals surface area contributed by atoms with Crippen molar-refractivity contribution in [2.45, 2.75) is 0 Å². The maximum Gasteiger partial charge on any atom is 0.261 e. The van der Waals surface area contributed by atoms with E-state index in [1.165, 1.54) is 12.0 Å². The van der Waals surface area contributed by atoms with E-state index in [4.69, 9.17) is 10.5 Å². The van der Waals surface area contributed by atoms with Crippen molar-refractivity contribution in [3.63, 3.8) is 0 Å². The average molecular weight is 257 g/mol. The molecule has 0 saturated heterocycles. The van der Waals surface area contributed by atoms with E-state index in [1.807, 2.05) is 0 Å². The van der Waals surface area contributed by atoms with Gasteiger partial charge in [-0.05, 0) is 24.3 Å². The number of rotatable bonds is 3. The zero-order valence-corrected chi connectivity index (χ0v) is 10.8. The molecule has 1 heterocycles. The fourth-order valence-corrected chi connectivity index (χ4v) is 1.82. The van der Waals surface area contributed by atoms with Crippen LogP contribution in [-0.4, -0.2) is 25.0 Å². The number of aromatic nitrogens is 1. The van der Waals surface area contributed by atoms with Gasteiger partial charge in [-0.3, -0.25) is 9.78 Å². The van der Waals surface area contributed by atoms with Gasteiger partial charge in [0.15, 0.2) is 5.75 Å². The maximum absolute atomic E-state index is 12.4. The SMILES string of the molecule is COc1c(N)cccc1C(=O)N(C)c1ccncc1. The summed E-state index contributed by atoms with van der Waals surface area (Å²) in [6.45, 7) is 0. The highest BCUT2D eigenvalue weighted by molar-refractivity contribution is 6.08. The number of amides is 1. The van der Waals surface area contributed by atoms with Crippen LogP contribution in [0, 0.1) is 0 Å². The van der Waals surface area contributed by atoms with E-state index >= 15 is 0 Å². The molecule has 98 valence electrons. The van der Waals surface area contributed by atoms with Crippen molar-refractivity contribution in [3.8, 4) is 5.75 Å². The number of pyridine rings is 1. The fraction of sp³-hybridized carbons (Fsp3) is 0.143. The molecule has 19 heavy (non-hydrogen) atoms. The highest BCUT2D eigenvalue weighted by Gasteiger charge is 2.19. The van der Waals surface area contributed by atoms with Crippen LogP contribution in [-0.2, 0) is 0 Å². The summed E-state index contributed by atoms with van der Waals surface area (Å²) in [5.74, 6) is 0.212. The summed E-state index contributed by atoms with van der Waals surface area (Å²) in [4.78, 5) is 17.9. The normalized spacial score (nSPS) is 10.0. The Labute approximate surface area is 111 Å². The molecule has 1 aromatic carbocycles. The van der Waals surface area contributed by atoms with Crippen molar-refractivity contribution in [2.75, 3.05) is 24.8 Å². The van der Waals surface area contributed by atoms with Crippen molar-refractivity contribution in [3.05, 3.63) is 48.3 Å². The number of carbonyl (C=O) groups is 1. The third kappa shape index (κ3) is 2.49. The zero-order valence-electron chi connectivity index (χ0n) is 10.8. The Morgan fingerprint density at radius 2 is 1.95 bits per heavy atom. The molecule has 2 N–H and O–H groups in total. The van der Waals surface area contributed by atoms with E-state index in [2.05, 4.69) is 4.98 Å². The van der Waals surface area contributed by atoms with E-state index < -0.39 is 0 Å². The molecule has 0 saturated carbocycles. The monoisotopic (exact) mass is 257 g/mol. The summed E-state index contributed by atoms with van der Waals surface area (Å²) in [7, 11) is 3.19. The maximum atomic E-state index is 12.4. The summed E-state index contributed by atoms with van der Waals surface area (Å²) < 4.78 is 5.20. The Morgan fingerprint density at radius 1 is 1.26 bits per heavy atom. The molecule has 0 atom stereocenters. The van der Waals surface area contributed by atoms with Crippen LogP contribution in [0.4, 0.5) is 11.4 Å². The lowest BCUT2D eigenvalue weighted by Gasteiger charge is -2.19. The average Bonchev–Trinajstić information content (AvgIpc) is 2.46. The predicted octanol–water partition coefficient (Wildman–Crippen LogP) is 1.95. The second kappa shape index (κ2) is 5.39. The van der Waals surface area contributed by atoms with E-state index in [0.717, 1.165) is 5.69 Å². The van der Waals surface area contributed by atoms with Gasteiger partial charge in [-0.1, -0.05) is 6.07 Å². The number of carbonyl (C=O) groups excluding carboxylic acids is 1. The van der Waals surface area contributed by atoms with Gasteiger partial charge in [-0.2, -0.15) is 0 Å². The number of hydrogen-bond acceptors (Lipinski definition) is 4. The summed E-state index contributed by atoms with van der Waals surface area (Å²) in [5, 5.41) is 0. The van der Waals surface area contributed by atoms with Crippen molar-refractivity contribution in [2.24, 2.45) is 0 Å². The molecule has 1 amide bonds. The minimum atomic E-state index is -0.185. The number of para-hydroxylation sites is 1. The molecule has 0 aliphatic rings.